The highest BCUT2D eigenvalue weighted by molar-refractivity contribution is 7.87. The van der Waals surface area contributed by atoms with Gasteiger partial charge in [0.05, 0.1) is 12.8 Å². The summed E-state index contributed by atoms with van der Waals surface area (Å²) in [7, 11) is -2.53. The average Bonchev–Trinajstić information content (AvgIpc) is 2.70. The molecule has 0 radical (unpaired) electrons. The number of fused-ring (bicyclic) bond motifs is 1. The van der Waals surface area contributed by atoms with Gasteiger partial charge in [-0.05, 0) is 31.5 Å². The van der Waals surface area contributed by atoms with Gasteiger partial charge in [0.15, 0.2) is 0 Å². The molecule has 0 amide bonds. The molecule has 3 rings (SSSR count). The van der Waals surface area contributed by atoms with Gasteiger partial charge in [-0.1, -0.05) is 12.1 Å². The summed E-state index contributed by atoms with van der Waals surface area (Å²) < 4.78 is 35.4. The second-order valence-corrected chi connectivity index (χ2v) is 7.30. The van der Waals surface area contributed by atoms with E-state index in [-0.39, 0.29) is 27.5 Å². The van der Waals surface area contributed by atoms with E-state index in [4.69, 9.17) is 14.7 Å². The van der Waals surface area contributed by atoms with Gasteiger partial charge >= 0.3 is 0 Å². The molecule has 2 N–H and O–H groups in total. The third-order valence-corrected chi connectivity index (χ3v) is 5.34. The molecule has 2 heterocycles. The Morgan fingerprint density at radius 1 is 1.29 bits per heavy atom. The van der Waals surface area contributed by atoms with E-state index >= 15 is 0 Å². The van der Waals surface area contributed by atoms with Gasteiger partial charge in [0, 0.05) is 5.56 Å². The number of pyridine rings is 1. The van der Waals surface area contributed by atoms with Gasteiger partial charge in [-0.25, -0.2) is 4.98 Å². The predicted octanol–water partition coefficient (Wildman–Crippen LogP) is 2.17. The van der Waals surface area contributed by atoms with Gasteiger partial charge in [0.1, 0.15) is 33.7 Å². The molecule has 7 nitrogen and oxygen atoms in total. The van der Waals surface area contributed by atoms with Crippen LogP contribution in [-0.2, 0) is 19.9 Å². The fourth-order valence-electron chi connectivity index (χ4n) is 2.74. The van der Waals surface area contributed by atoms with Crippen LogP contribution in [-0.4, -0.2) is 20.5 Å². The van der Waals surface area contributed by atoms with Gasteiger partial charge in [0.25, 0.3) is 10.1 Å². The first kappa shape index (κ1) is 16.2. The van der Waals surface area contributed by atoms with E-state index in [9.17, 15) is 13.7 Å². The molecule has 1 aliphatic heterocycles. The van der Waals surface area contributed by atoms with Crippen LogP contribution < -0.4 is 10.5 Å². The SMILES string of the molecule is COc1ccc(-c2c(C#N)c(N)nc3c2S(=O)(=O)OC3(C)C)cc1. The van der Waals surface area contributed by atoms with Crippen molar-refractivity contribution in [2.75, 3.05) is 12.8 Å². The third kappa shape index (κ3) is 2.29. The van der Waals surface area contributed by atoms with Crippen molar-refractivity contribution in [3.8, 4) is 22.9 Å². The van der Waals surface area contributed by atoms with E-state index < -0.39 is 15.7 Å². The van der Waals surface area contributed by atoms with Crippen LogP contribution in [0.2, 0.25) is 0 Å². The summed E-state index contributed by atoms with van der Waals surface area (Å²) in [6.07, 6.45) is 0. The van der Waals surface area contributed by atoms with Gasteiger partial charge in [0.2, 0.25) is 0 Å². The molecule has 8 heteroatoms. The Morgan fingerprint density at radius 3 is 2.46 bits per heavy atom. The largest absolute Gasteiger partial charge is 0.497 e. The number of hydrogen-bond acceptors (Lipinski definition) is 7. The highest BCUT2D eigenvalue weighted by Crippen LogP contribution is 2.46. The van der Waals surface area contributed by atoms with Crippen molar-refractivity contribution in [1.82, 2.24) is 4.98 Å². The van der Waals surface area contributed by atoms with E-state index in [0.29, 0.717) is 11.3 Å². The van der Waals surface area contributed by atoms with Gasteiger partial charge < -0.3 is 10.5 Å². The number of rotatable bonds is 2. The zero-order valence-corrected chi connectivity index (χ0v) is 14.1. The predicted molar refractivity (Wildman–Crippen MR) is 86.6 cm³/mol. The molecule has 0 unspecified atom stereocenters. The van der Waals surface area contributed by atoms with Gasteiger partial charge in [-0.3, -0.25) is 4.18 Å². The zero-order valence-electron chi connectivity index (χ0n) is 13.3. The Hall–Kier alpha value is -2.63. The van der Waals surface area contributed by atoms with Crippen LogP contribution in [0.5, 0.6) is 5.75 Å². The molecule has 0 spiro atoms. The van der Waals surface area contributed by atoms with Crippen molar-refractivity contribution in [3.05, 3.63) is 35.5 Å². The molecule has 2 aromatic rings. The topological polar surface area (TPSA) is 115 Å². The second-order valence-electron chi connectivity index (χ2n) is 5.81. The fourth-order valence-corrected chi connectivity index (χ4v) is 4.45. The first-order chi connectivity index (χ1) is 11.2. The van der Waals surface area contributed by atoms with Crippen LogP contribution >= 0.6 is 0 Å². The summed E-state index contributed by atoms with van der Waals surface area (Å²) in [5, 5.41) is 9.46. The summed E-state index contributed by atoms with van der Waals surface area (Å²) in [6, 6.07) is 8.62. The number of nitrogen functional groups attached to an aromatic ring is 1. The fraction of sp³-hybridized carbons (Fsp3) is 0.250. The molecule has 1 aromatic heterocycles. The Bertz CT molecular complexity index is 974. The Morgan fingerprint density at radius 2 is 1.92 bits per heavy atom. The number of hydrogen-bond donors (Lipinski definition) is 1. The Labute approximate surface area is 139 Å². The molecule has 0 aliphatic carbocycles. The normalized spacial score (nSPS) is 17.1. The molecule has 124 valence electrons. The van der Waals surface area contributed by atoms with Crippen molar-refractivity contribution in [3.63, 3.8) is 0 Å². The Balaban J connectivity index is 2.43. The summed E-state index contributed by atoms with van der Waals surface area (Å²) in [5.74, 6) is 0.575. The van der Waals surface area contributed by atoms with E-state index in [1.165, 1.54) is 7.11 Å². The average molecular weight is 345 g/mol. The summed E-state index contributed by atoms with van der Waals surface area (Å²) in [6.45, 7) is 3.18. The van der Waals surface area contributed by atoms with E-state index in [1.54, 1.807) is 38.1 Å². The number of benzene rings is 1. The molecular formula is C16H15N3O4S. The van der Waals surface area contributed by atoms with Gasteiger partial charge in [-0.2, -0.15) is 13.7 Å². The van der Waals surface area contributed by atoms with Crippen LogP contribution in [0.15, 0.2) is 29.2 Å². The quantitative estimate of drug-likeness (QED) is 0.829. The standard InChI is InChI=1S/C16H15N3O4S/c1-16(2)14-13(24(20,21)23-16)12(11(8-17)15(18)19-14)9-4-6-10(22-3)7-5-9/h4-7H,1-3H3,(H2,18,19). The lowest BCUT2D eigenvalue weighted by atomic mass is 9.95. The minimum Gasteiger partial charge on any atom is -0.497 e. The molecule has 0 bridgehead atoms. The minimum atomic E-state index is -4.06. The van der Waals surface area contributed by atoms with Crippen LogP contribution in [0.25, 0.3) is 11.1 Å². The lowest BCUT2D eigenvalue weighted by Gasteiger charge is -2.16. The van der Waals surface area contributed by atoms with Crippen molar-refractivity contribution < 1.29 is 17.3 Å². The summed E-state index contributed by atoms with van der Waals surface area (Å²) in [4.78, 5) is 4.01. The molecule has 0 atom stereocenters. The van der Waals surface area contributed by atoms with Crippen molar-refractivity contribution in [1.29, 1.82) is 5.26 Å². The maximum atomic E-state index is 12.5. The van der Waals surface area contributed by atoms with Crippen molar-refractivity contribution in [2.24, 2.45) is 0 Å². The summed E-state index contributed by atoms with van der Waals surface area (Å²) >= 11 is 0. The first-order valence-corrected chi connectivity index (χ1v) is 8.46. The van der Waals surface area contributed by atoms with Gasteiger partial charge in [-0.15, -0.1) is 0 Å². The molecule has 24 heavy (non-hydrogen) atoms. The van der Waals surface area contributed by atoms with Crippen molar-refractivity contribution in [2.45, 2.75) is 24.3 Å². The first-order valence-electron chi connectivity index (χ1n) is 7.05. The number of nitrogens with two attached hydrogens (primary N) is 1. The number of aromatic nitrogens is 1. The number of methoxy groups -OCH3 is 1. The molecule has 0 saturated carbocycles. The summed E-state index contributed by atoms with van der Waals surface area (Å²) in [5.41, 5.74) is 5.66. The smallest absolute Gasteiger partial charge is 0.300 e. The number of anilines is 1. The second kappa shape index (κ2) is 5.19. The van der Waals surface area contributed by atoms with Crippen LogP contribution in [0, 0.1) is 11.3 Å². The van der Waals surface area contributed by atoms with E-state index in [1.807, 2.05) is 6.07 Å². The maximum Gasteiger partial charge on any atom is 0.300 e. The van der Waals surface area contributed by atoms with E-state index in [0.717, 1.165) is 0 Å². The monoisotopic (exact) mass is 345 g/mol. The molecule has 0 fully saturated rings. The number of ether oxygens (including phenoxy) is 1. The molecule has 1 aliphatic rings. The van der Waals surface area contributed by atoms with E-state index in [2.05, 4.69) is 4.98 Å². The highest BCUT2D eigenvalue weighted by Gasteiger charge is 2.46. The minimum absolute atomic E-state index is 0.00351. The maximum absolute atomic E-state index is 12.5. The lowest BCUT2D eigenvalue weighted by Crippen LogP contribution is -2.18. The van der Waals surface area contributed by atoms with Crippen LogP contribution in [0.3, 0.4) is 0 Å². The number of nitrogens with zero attached hydrogens (tertiary/aromatic N) is 2. The molecular weight excluding hydrogens is 330 g/mol. The lowest BCUT2D eigenvalue weighted by molar-refractivity contribution is 0.128. The molecule has 1 aromatic carbocycles. The highest BCUT2D eigenvalue weighted by atomic mass is 32.2. The van der Waals surface area contributed by atoms with Crippen LogP contribution in [0.4, 0.5) is 5.82 Å². The molecule has 0 saturated heterocycles. The third-order valence-electron chi connectivity index (χ3n) is 3.81. The number of nitriles is 1. The zero-order chi connectivity index (χ0) is 17.7. The Kier molecular flexibility index (Phi) is 3.51. The van der Waals surface area contributed by atoms with Crippen molar-refractivity contribution >= 4 is 15.9 Å². The van der Waals surface area contributed by atoms with Crippen LogP contribution in [0.1, 0.15) is 25.1 Å².